The Hall–Kier alpha value is -0.830. The van der Waals surface area contributed by atoms with E-state index in [0.29, 0.717) is 6.04 Å². The predicted octanol–water partition coefficient (Wildman–Crippen LogP) is 3.13. The van der Waals surface area contributed by atoms with Gasteiger partial charge in [-0.2, -0.15) is 0 Å². The lowest BCUT2D eigenvalue weighted by molar-refractivity contribution is 0.342. The molecule has 2 aliphatic carbocycles. The van der Waals surface area contributed by atoms with Crippen LogP contribution in [-0.4, -0.2) is 15.6 Å². The fourth-order valence-corrected chi connectivity index (χ4v) is 3.50. The first kappa shape index (κ1) is 12.2. The van der Waals surface area contributed by atoms with Crippen LogP contribution in [0.4, 0.5) is 0 Å². The number of nitrogens with zero attached hydrogens (tertiary/aromatic N) is 2. The lowest BCUT2D eigenvalue weighted by atomic mass is 9.93. The SMILES string of the molecule is CCC1CCC(NCc2cncn2C2CC2)C1C. The van der Waals surface area contributed by atoms with Gasteiger partial charge in [-0.1, -0.05) is 20.3 Å². The highest BCUT2D eigenvalue weighted by Crippen LogP contribution is 2.36. The molecular weight excluding hydrogens is 222 g/mol. The van der Waals surface area contributed by atoms with Crippen LogP contribution in [0.25, 0.3) is 0 Å². The van der Waals surface area contributed by atoms with Crippen LogP contribution in [0.3, 0.4) is 0 Å². The average Bonchev–Trinajstić information content (AvgIpc) is 3.01. The zero-order valence-electron chi connectivity index (χ0n) is 11.6. The molecule has 2 aliphatic rings. The maximum absolute atomic E-state index is 4.30. The highest BCUT2D eigenvalue weighted by atomic mass is 15.1. The summed E-state index contributed by atoms with van der Waals surface area (Å²) < 4.78 is 2.37. The zero-order chi connectivity index (χ0) is 12.5. The molecule has 0 spiro atoms. The summed E-state index contributed by atoms with van der Waals surface area (Å²) in [6.45, 7) is 5.73. The summed E-state index contributed by atoms with van der Waals surface area (Å²) >= 11 is 0. The van der Waals surface area contributed by atoms with Crippen LogP contribution in [0.1, 0.15) is 57.7 Å². The number of aromatic nitrogens is 2. The second kappa shape index (κ2) is 5.04. The molecule has 18 heavy (non-hydrogen) atoms. The minimum atomic E-state index is 0.706. The molecule has 3 rings (SSSR count). The van der Waals surface area contributed by atoms with Gasteiger partial charge in [0, 0.05) is 24.8 Å². The van der Waals surface area contributed by atoms with Gasteiger partial charge in [0.05, 0.1) is 12.0 Å². The van der Waals surface area contributed by atoms with Gasteiger partial charge >= 0.3 is 0 Å². The zero-order valence-corrected chi connectivity index (χ0v) is 11.6. The number of hydrogen-bond acceptors (Lipinski definition) is 2. The Morgan fingerprint density at radius 1 is 1.33 bits per heavy atom. The van der Waals surface area contributed by atoms with Gasteiger partial charge in [-0.15, -0.1) is 0 Å². The van der Waals surface area contributed by atoms with Crippen LogP contribution in [0.5, 0.6) is 0 Å². The molecule has 100 valence electrons. The molecule has 1 N–H and O–H groups in total. The first-order valence-corrected chi connectivity index (χ1v) is 7.53. The van der Waals surface area contributed by atoms with Gasteiger partial charge in [-0.05, 0) is 37.5 Å². The molecule has 0 bridgehead atoms. The maximum atomic E-state index is 4.30. The molecule has 2 saturated carbocycles. The summed E-state index contributed by atoms with van der Waals surface area (Å²) in [5, 5.41) is 3.76. The maximum Gasteiger partial charge on any atom is 0.0951 e. The third kappa shape index (κ3) is 2.33. The third-order valence-electron chi connectivity index (χ3n) is 4.98. The second-order valence-corrected chi connectivity index (χ2v) is 6.12. The molecule has 1 heterocycles. The fraction of sp³-hybridized carbons (Fsp3) is 0.800. The van der Waals surface area contributed by atoms with Crippen LogP contribution in [0, 0.1) is 11.8 Å². The molecule has 3 nitrogen and oxygen atoms in total. The molecule has 0 aromatic carbocycles. The highest BCUT2D eigenvalue weighted by molar-refractivity contribution is 5.04. The molecule has 0 amide bonds. The van der Waals surface area contributed by atoms with Crippen LogP contribution >= 0.6 is 0 Å². The molecule has 2 fully saturated rings. The summed E-state index contributed by atoms with van der Waals surface area (Å²) in [6.07, 6.45) is 10.8. The Kier molecular flexibility index (Phi) is 3.42. The van der Waals surface area contributed by atoms with Crippen LogP contribution in [0.2, 0.25) is 0 Å². The van der Waals surface area contributed by atoms with E-state index in [2.05, 4.69) is 28.7 Å². The van der Waals surface area contributed by atoms with Gasteiger partial charge < -0.3 is 9.88 Å². The van der Waals surface area contributed by atoms with Crippen LogP contribution in [0.15, 0.2) is 12.5 Å². The van der Waals surface area contributed by atoms with Crippen molar-refractivity contribution < 1.29 is 0 Å². The van der Waals surface area contributed by atoms with Crippen molar-refractivity contribution in [1.29, 1.82) is 0 Å². The Morgan fingerprint density at radius 3 is 2.83 bits per heavy atom. The van der Waals surface area contributed by atoms with Crippen molar-refractivity contribution in [3.05, 3.63) is 18.2 Å². The molecule has 3 heteroatoms. The standard InChI is InChI=1S/C15H25N3/c1-3-12-4-7-15(11(12)2)17-9-14-8-16-10-18(14)13-5-6-13/h8,10-13,15,17H,3-7,9H2,1-2H3. The summed E-state index contributed by atoms with van der Waals surface area (Å²) in [5.74, 6) is 1.75. The van der Waals surface area contributed by atoms with Crippen LogP contribution < -0.4 is 5.32 Å². The Labute approximate surface area is 110 Å². The minimum Gasteiger partial charge on any atom is -0.330 e. The lowest BCUT2D eigenvalue weighted by Crippen LogP contribution is -2.32. The largest absolute Gasteiger partial charge is 0.330 e. The molecule has 1 aromatic heterocycles. The van der Waals surface area contributed by atoms with Gasteiger partial charge in [0.15, 0.2) is 0 Å². The second-order valence-electron chi connectivity index (χ2n) is 6.12. The van der Waals surface area contributed by atoms with E-state index >= 15 is 0 Å². The molecule has 0 saturated heterocycles. The van der Waals surface area contributed by atoms with Crippen molar-refractivity contribution in [3.8, 4) is 0 Å². The van der Waals surface area contributed by atoms with Gasteiger partial charge in [-0.25, -0.2) is 4.98 Å². The summed E-state index contributed by atoms with van der Waals surface area (Å²) in [4.78, 5) is 4.30. The summed E-state index contributed by atoms with van der Waals surface area (Å²) in [5.41, 5.74) is 1.37. The molecular formula is C15H25N3. The van der Waals surface area contributed by atoms with E-state index in [9.17, 15) is 0 Å². The van der Waals surface area contributed by atoms with E-state index in [1.807, 2.05) is 12.5 Å². The molecule has 3 atom stereocenters. The van der Waals surface area contributed by atoms with E-state index in [1.165, 1.54) is 37.8 Å². The highest BCUT2D eigenvalue weighted by Gasteiger charge is 2.31. The van der Waals surface area contributed by atoms with Crippen molar-refractivity contribution in [2.75, 3.05) is 0 Å². The molecule has 0 aliphatic heterocycles. The van der Waals surface area contributed by atoms with Crippen molar-refractivity contribution in [2.45, 2.75) is 64.6 Å². The predicted molar refractivity (Wildman–Crippen MR) is 73.3 cm³/mol. The van der Waals surface area contributed by atoms with Crippen molar-refractivity contribution in [1.82, 2.24) is 14.9 Å². The van der Waals surface area contributed by atoms with Gasteiger partial charge in [0.1, 0.15) is 0 Å². The monoisotopic (exact) mass is 247 g/mol. The normalized spacial score (nSPS) is 32.0. The summed E-state index contributed by atoms with van der Waals surface area (Å²) in [6, 6.07) is 1.45. The first-order chi connectivity index (χ1) is 8.79. The smallest absolute Gasteiger partial charge is 0.0951 e. The molecule has 0 radical (unpaired) electrons. The Morgan fingerprint density at radius 2 is 2.17 bits per heavy atom. The quantitative estimate of drug-likeness (QED) is 0.866. The number of hydrogen-bond donors (Lipinski definition) is 1. The summed E-state index contributed by atoms with van der Waals surface area (Å²) in [7, 11) is 0. The third-order valence-corrected chi connectivity index (χ3v) is 4.98. The van der Waals surface area contributed by atoms with E-state index in [1.54, 1.807) is 0 Å². The van der Waals surface area contributed by atoms with E-state index in [0.717, 1.165) is 24.4 Å². The lowest BCUT2D eigenvalue weighted by Gasteiger charge is -2.21. The molecule has 1 aromatic rings. The minimum absolute atomic E-state index is 0.706. The van der Waals surface area contributed by atoms with E-state index in [-0.39, 0.29) is 0 Å². The Bertz CT molecular complexity index is 394. The average molecular weight is 247 g/mol. The van der Waals surface area contributed by atoms with Crippen molar-refractivity contribution in [3.63, 3.8) is 0 Å². The van der Waals surface area contributed by atoms with Crippen molar-refractivity contribution >= 4 is 0 Å². The van der Waals surface area contributed by atoms with E-state index < -0.39 is 0 Å². The number of nitrogens with one attached hydrogen (secondary N) is 1. The van der Waals surface area contributed by atoms with Gasteiger partial charge in [-0.3, -0.25) is 0 Å². The van der Waals surface area contributed by atoms with E-state index in [4.69, 9.17) is 0 Å². The van der Waals surface area contributed by atoms with Crippen LogP contribution in [-0.2, 0) is 6.54 Å². The Balaban J connectivity index is 1.56. The fourth-order valence-electron chi connectivity index (χ4n) is 3.50. The van der Waals surface area contributed by atoms with Gasteiger partial charge in [0.25, 0.3) is 0 Å². The molecule has 3 unspecified atom stereocenters. The van der Waals surface area contributed by atoms with Crippen molar-refractivity contribution in [2.24, 2.45) is 11.8 Å². The first-order valence-electron chi connectivity index (χ1n) is 7.53. The topological polar surface area (TPSA) is 29.9 Å². The van der Waals surface area contributed by atoms with Gasteiger partial charge in [0.2, 0.25) is 0 Å². The number of imidazole rings is 1. The number of rotatable bonds is 5.